The molecule has 2 aromatic heterocycles. The van der Waals surface area contributed by atoms with E-state index < -0.39 is 0 Å². The van der Waals surface area contributed by atoms with Crippen molar-refractivity contribution in [3.8, 4) is 0 Å². The predicted molar refractivity (Wildman–Crippen MR) is 63.1 cm³/mol. The van der Waals surface area contributed by atoms with E-state index in [9.17, 15) is 4.79 Å². The van der Waals surface area contributed by atoms with Crippen LogP contribution in [0.2, 0.25) is 0 Å². The van der Waals surface area contributed by atoms with Gasteiger partial charge in [0.15, 0.2) is 0 Å². The summed E-state index contributed by atoms with van der Waals surface area (Å²) >= 11 is 3.16. The zero-order valence-electron chi connectivity index (χ0n) is 8.80. The van der Waals surface area contributed by atoms with Gasteiger partial charge in [0.1, 0.15) is 4.47 Å². The number of nitrogens with zero attached hydrogens (tertiary/aromatic N) is 4. The van der Waals surface area contributed by atoms with Gasteiger partial charge in [0.05, 0.1) is 12.5 Å². The van der Waals surface area contributed by atoms with Crippen molar-refractivity contribution in [2.24, 2.45) is 7.05 Å². The van der Waals surface area contributed by atoms with Gasteiger partial charge in [-0.2, -0.15) is 5.10 Å². The molecular formula is C10H11BrN4O. The van der Waals surface area contributed by atoms with E-state index >= 15 is 0 Å². The molecule has 0 aliphatic carbocycles. The summed E-state index contributed by atoms with van der Waals surface area (Å²) in [6, 6.07) is 0. The van der Waals surface area contributed by atoms with Gasteiger partial charge < -0.3 is 0 Å². The fourth-order valence-corrected chi connectivity index (χ4v) is 1.78. The van der Waals surface area contributed by atoms with Crippen LogP contribution in [0.3, 0.4) is 0 Å². The van der Waals surface area contributed by atoms with Gasteiger partial charge in [-0.05, 0) is 27.9 Å². The van der Waals surface area contributed by atoms with Crippen LogP contribution < -0.4 is 5.56 Å². The molecule has 2 heterocycles. The summed E-state index contributed by atoms with van der Waals surface area (Å²) in [6.07, 6.45) is 7.56. The molecule has 0 aliphatic rings. The Morgan fingerprint density at radius 3 is 2.94 bits per heavy atom. The Morgan fingerprint density at radius 2 is 2.25 bits per heavy atom. The standard InChI is InChI=1S/C10H11BrN4O/c1-14-6-8(4-13-14)2-3-15-7-12-5-9(11)10(15)16/h4-7H,2-3H2,1H3. The van der Waals surface area contributed by atoms with Gasteiger partial charge in [-0.15, -0.1) is 0 Å². The van der Waals surface area contributed by atoms with Gasteiger partial charge in [-0.1, -0.05) is 0 Å². The van der Waals surface area contributed by atoms with Crippen LogP contribution in [0.5, 0.6) is 0 Å². The Labute approximate surface area is 101 Å². The minimum absolute atomic E-state index is 0.0566. The molecule has 84 valence electrons. The molecule has 0 unspecified atom stereocenters. The van der Waals surface area contributed by atoms with Crippen LogP contribution in [0.4, 0.5) is 0 Å². The van der Waals surface area contributed by atoms with Crippen molar-refractivity contribution < 1.29 is 0 Å². The second-order valence-corrected chi connectivity index (χ2v) is 4.37. The van der Waals surface area contributed by atoms with Crippen molar-refractivity contribution in [1.82, 2.24) is 19.3 Å². The van der Waals surface area contributed by atoms with E-state index in [2.05, 4.69) is 26.0 Å². The molecule has 0 fully saturated rings. The van der Waals surface area contributed by atoms with Gasteiger partial charge >= 0.3 is 0 Å². The van der Waals surface area contributed by atoms with E-state index in [1.54, 1.807) is 21.8 Å². The summed E-state index contributed by atoms with van der Waals surface area (Å²) in [7, 11) is 1.87. The lowest BCUT2D eigenvalue weighted by atomic mass is 10.2. The molecule has 0 aliphatic heterocycles. The molecule has 2 rings (SSSR count). The molecule has 0 radical (unpaired) electrons. The molecule has 2 aromatic rings. The van der Waals surface area contributed by atoms with Crippen LogP contribution in [0.15, 0.2) is 34.2 Å². The van der Waals surface area contributed by atoms with Crippen LogP contribution in [0, 0.1) is 0 Å². The maximum atomic E-state index is 11.7. The van der Waals surface area contributed by atoms with E-state index in [0.29, 0.717) is 11.0 Å². The first kappa shape index (κ1) is 11.1. The van der Waals surface area contributed by atoms with E-state index in [1.165, 1.54) is 6.20 Å². The van der Waals surface area contributed by atoms with E-state index in [1.807, 2.05) is 13.2 Å². The SMILES string of the molecule is Cn1cc(CCn2cncc(Br)c2=O)cn1. The van der Waals surface area contributed by atoms with Crippen molar-refractivity contribution in [3.63, 3.8) is 0 Å². The van der Waals surface area contributed by atoms with Crippen molar-refractivity contribution in [1.29, 1.82) is 0 Å². The van der Waals surface area contributed by atoms with Gasteiger partial charge in [-0.25, -0.2) is 4.98 Å². The number of aryl methyl sites for hydroxylation is 3. The molecule has 0 saturated heterocycles. The topological polar surface area (TPSA) is 52.7 Å². The van der Waals surface area contributed by atoms with Crippen LogP contribution in [0.25, 0.3) is 0 Å². The number of rotatable bonds is 3. The fraction of sp³-hybridized carbons (Fsp3) is 0.300. The fourth-order valence-electron chi connectivity index (χ4n) is 1.43. The van der Waals surface area contributed by atoms with Gasteiger partial charge in [-0.3, -0.25) is 14.0 Å². The van der Waals surface area contributed by atoms with Crippen molar-refractivity contribution >= 4 is 15.9 Å². The summed E-state index contributed by atoms with van der Waals surface area (Å²) in [4.78, 5) is 15.6. The average Bonchev–Trinajstić information content (AvgIpc) is 2.67. The van der Waals surface area contributed by atoms with Crippen molar-refractivity contribution in [2.75, 3.05) is 0 Å². The molecule has 5 nitrogen and oxygen atoms in total. The Morgan fingerprint density at radius 1 is 1.44 bits per heavy atom. The Bertz CT molecular complexity index is 546. The minimum atomic E-state index is -0.0566. The Hall–Kier alpha value is -1.43. The molecule has 0 bridgehead atoms. The third-order valence-electron chi connectivity index (χ3n) is 2.26. The maximum absolute atomic E-state index is 11.7. The first-order valence-electron chi connectivity index (χ1n) is 4.84. The predicted octanol–water partition coefficient (Wildman–Crippen LogP) is 0.982. The highest BCUT2D eigenvalue weighted by Gasteiger charge is 2.02. The molecule has 0 spiro atoms. The summed E-state index contributed by atoms with van der Waals surface area (Å²) < 4.78 is 3.81. The summed E-state index contributed by atoms with van der Waals surface area (Å²) in [6.45, 7) is 0.608. The molecule has 0 saturated carbocycles. The smallest absolute Gasteiger partial charge is 0.267 e. The molecular weight excluding hydrogens is 272 g/mol. The lowest BCUT2D eigenvalue weighted by Crippen LogP contribution is -2.21. The number of hydrogen-bond donors (Lipinski definition) is 0. The van der Waals surface area contributed by atoms with Crippen LogP contribution in [0.1, 0.15) is 5.56 Å². The van der Waals surface area contributed by atoms with Gasteiger partial charge in [0.25, 0.3) is 5.56 Å². The molecule has 0 aromatic carbocycles. The number of aromatic nitrogens is 4. The van der Waals surface area contributed by atoms with E-state index in [0.717, 1.165) is 12.0 Å². The highest BCUT2D eigenvalue weighted by Crippen LogP contribution is 2.01. The third-order valence-corrected chi connectivity index (χ3v) is 2.80. The number of halogens is 1. The zero-order valence-corrected chi connectivity index (χ0v) is 10.4. The van der Waals surface area contributed by atoms with E-state index in [-0.39, 0.29) is 5.56 Å². The summed E-state index contributed by atoms with van der Waals surface area (Å²) in [5.74, 6) is 0. The van der Waals surface area contributed by atoms with Crippen LogP contribution >= 0.6 is 15.9 Å². The average molecular weight is 283 g/mol. The quantitative estimate of drug-likeness (QED) is 0.843. The largest absolute Gasteiger partial charge is 0.298 e. The third kappa shape index (κ3) is 2.38. The monoisotopic (exact) mass is 282 g/mol. The van der Waals surface area contributed by atoms with Crippen molar-refractivity contribution in [3.05, 3.63) is 45.3 Å². The second kappa shape index (κ2) is 4.61. The van der Waals surface area contributed by atoms with Crippen molar-refractivity contribution in [2.45, 2.75) is 13.0 Å². The summed E-state index contributed by atoms with van der Waals surface area (Å²) in [5.41, 5.74) is 1.05. The lowest BCUT2D eigenvalue weighted by molar-refractivity contribution is 0.650. The molecule has 0 atom stereocenters. The highest BCUT2D eigenvalue weighted by atomic mass is 79.9. The first-order chi connectivity index (χ1) is 7.66. The first-order valence-corrected chi connectivity index (χ1v) is 5.63. The summed E-state index contributed by atoms with van der Waals surface area (Å²) in [5, 5.41) is 4.07. The van der Waals surface area contributed by atoms with Crippen LogP contribution in [-0.4, -0.2) is 19.3 Å². The second-order valence-electron chi connectivity index (χ2n) is 3.51. The molecule has 0 amide bonds. The van der Waals surface area contributed by atoms with E-state index in [4.69, 9.17) is 0 Å². The Kier molecular flexibility index (Phi) is 3.19. The van der Waals surface area contributed by atoms with Crippen LogP contribution in [-0.2, 0) is 20.0 Å². The molecule has 0 N–H and O–H groups in total. The number of hydrogen-bond acceptors (Lipinski definition) is 3. The Balaban J connectivity index is 2.11. The minimum Gasteiger partial charge on any atom is -0.298 e. The van der Waals surface area contributed by atoms with Gasteiger partial charge in [0.2, 0.25) is 0 Å². The zero-order chi connectivity index (χ0) is 11.5. The molecule has 16 heavy (non-hydrogen) atoms. The maximum Gasteiger partial charge on any atom is 0.267 e. The molecule has 6 heteroatoms. The lowest BCUT2D eigenvalue weighted by Gasteiger charge is -2.03. The van der Waals surface area contributed by atoms with Gasteiger partial charge in [0, 0.05) is 26.0 Å². The normalized spacial score (nSPS) is 10.6. The highest BCUT2D eigenvalue weighted by molar-refractivity contribution is 9.10.